The normalized spacial score (nSPS) is 26.3. The fourth-order valence-corrected chi connectivity index (χ4v) is 8.27. The van der Waals surface area contributed by atoms with Gasteiger partial charge in [0.25, 0.3) is 5.91 Å². The molecule has 8 heteroatoms. The summed E-state index contributed by atoms with van der Waals surface area (Å²) in [7, 11) is 0. The van der Waals surface area contributed by atoms with Gasteiger partial charge in [-0.15, -0.1) is 0 Å². The van der Waals surface area contributed by atoms with Crippen LogP contribution in [0.4, 0.5) is 5.69 Å². The highest BCUT2D eigenvalue weighted by atomic mass is 16.2. The first kappa shape index (κ1) is 24.3. The molecule has 2 aromatic carbocycles. The van der Waals surface area contributed by atoms with Crippen LogP contribution in [0, 0.1) is 5.41 Å². The van der Waals surface area contributed by atoms with Crippen molar-refractivity contribution < 1.29 is 14.4 Å². The number of aromatic nitrogens is 2. The van der Waals surface area contributed by atoms with Gasteiger partial charge in [-0.3, -0.25) is 34.2 Å². The molecule has 2 atom stereocenters. The molecule has 40 heavy (non-hydrogen) atoms. The standard InChI is InChI=1S/C32H35N5O3/c38-28-8-7-26(30(39)34-28)37-25-6-5-21(23-3-1-4-24(29(23)25)31(37)40)17-20-18-33-36(19-20)22-10-15-35(16-11-22)27-9-14-32(27)12-2-13-32/h1,3-6,18-19,22,26-27H,2,7-17H2,(H,34,38,39). The Balaban J connectivity index is 1.00. The van der Waals surface area contributed by atoms with Gasteiger partial charge in [0.2, 0.25) is 11.8 Å². The maximum absolute atomic E-state index is 13.4. The average Bonchev–Trinajstić information content (AvgIpc) is 3.48. The fourth-order valence-electron chi connectivity index (χ4n) is 8.27. The Morgan fingerprint density at radius 1 is 0.975 bits per heavy atom. The zero-order valence-corrected chi connectivity index (χ0v) is 22.8. The Labute approximate surface area is 233 Å². The number of carbonyl (C=O) groups excluding carboxylic acids is 3. The van der Waals surface area contributed by atoms with E-state index in [-0.39, 0.29) is 18.2 Å². The van der Waals surface area contributed by atoms with Crippen molar-refractivity contribution in [3.63, 3.8) is 0 Å². The largest absolute Gasteiger partial charge is 0.300 e. The van der Waals surface area contributed by atoms with Crippen molar-refractivity contribution in [3.8, 4) is 0 Å². The number of hydrogen-bond donors (Lipinski definition) is 1. The van der Waals surface area contributed by atoms with E-state index in [0.717, 1.165) is 47.3 Å². The van der Waals surface area contributed by atoms with Gasteiger partial charge in [0, 0.05) is 49.1 Å². The second-order valence-corrected chi connectivity index (χ2v) is 12.7. The molecule has 1 aromatic heterocycles. The van der Waals surface area contributed by atoms with Gasteiger partial charge in [-0.2, -0.15) is 5.10 Å². The van der Waals surface area contributed by atoms with Gasteiger partial charge < -0.3 is 0 Å². The van der Waals surface area contributed by atoms with Crippen molar-refractivity contribution in [2.24, 2.45) is 5.41 Å². The minimum atomic E-state index is -0.667. The van der Waals surface area contributed by atoms with Crippen molar-refractivity contribution in [1.82, 2.24) is 20.0 Å². The monoisotopic (exact) mass is 537 g/mol. The van der Waals surface area contributed by atoms with E-state index in [1.54, 1.807) is 4.90 Å². The molecular weight excluding hydrogens is 502 g/mol. The Hall–Kier alpha value is -3.52. The first-order chi connectivity index (χ1) is 19.5. The Morgan fingerprint density at radius 2 is 1.82 bits per heavy atom. The topological polar surface area (TPSA) is 87.5 Å². The van der Waals surface area contributed by atoms with Crippen LogP contribution in [0.15, 0.2) is 42.7 Å². The number of piperidine rings is 2. The summed E-state index contributed by atoms with van der Waals surface area (Å²) in [5.41, 5.74) is 4.36. The van der Waals surface area contributed by atoms with Gasteiger partial charge in [0.15, 0.2) is 0 Å². The number of carbonyl (C=O) groups is 3. The van der Waals surface area contributed by atoms with E-state index >= 15 is 0 Å². The number of imide groups is 1. The van der Waals surface area contributed by atoms with E-state index in [4.69, 9.17) is 5.10 Å². The van der Waals surface area contributed by atoms with E-state index in [9.17, 15) is 14.4 Å². The van der Waals surface area contributed by atoms with Crippen molar-refractivity contribution in [2.45, 2.75) is 82.3 Å². The highest BCUT2D eigenvalue weighted by molar-refractivity contribution is 6.27. The highest BCUT2D eigenvalue weighted by Crippen LogP contribution is 2.58. The summed E-state index contributed by atoms with van der Waals surface area (Å²) in [5.74, 6) is -0.850. The van der Waals surface area contributed by atoms with E-state index < -0.39 is 11.9 Å². The molecule has 3 amide bonds. The van der Waals surface area contributed by atoms with Crippen LogP contribution >= 0.6 is 0 Å². The molecule has 2 saturated heterocycles. The molecule has 3 aromatic rings. The van der Waals surface area contributed by atoms with Gasteiger partial charge in [-0.05, 0) is 79.0 Å². The first-order valence-corrected chi connectivity index (χ1v) is 15.0. The second-order valence-electron chi connectivity index (χ2n) is 12.7. The van der Waals surface area contributed by atoms with Gasteiger partial charge in [0.05, 0.1) is 17.9 Å². The zero-order chi connectivity index (χ0) is 27.0. The SMILES string of the molecule is O=C1CCC(N2C(=O)c3cccc4c(Cc5cnn(C6CCN(C7CCC78CCC8)CC6)c5)ccc2c34)C(=O)N1. The smallest absolute Gasteiger partial charge is 0.259 e. The molecule has 3 aliphatic heterocycles. The van der Waals surface area contributed by atoms with Crippen molar-refractivity contribution >= 4 is 34.2 Å². The van der Waals surface area contributed by atoms with Crippen LogP contribution in [-0.2, 0) is 16.0 Å². The van der Waals surface area contributed by atoms with Gasteiger partial charge in [-0.1, -0.05) is 24.6 Å². The quantitative estimate of drug-likeness (QED) is 0.489. The number of nitrogens with one attached hydrogen (secondary N) is 1. The predicted octanol–water partition coefficient (Wildman–Crippen LogP) is 4.36. The summed E-state index contributed by atoms with van der Waals surface area (Å²) in [5, 5.41) is 9.11. The molecule has 1 N–H and O–H groups in total. The Morgan fingerprint density at radius 3 is 2.55 bits per heavy atom. The number of anilines is 1. The Bertz CT molecular complexity index is 1540. The highest BCUT2D eigenvalue weighted by Gasteiger charge is 2.53. The Kier molecular flexibility index (Phi) is 5.46. The lowest BCUT2D eigenvalue weighted by Crippen LogP contribution is -2.59. The van der Waals surface area contributed by atoms with Gasteiger partial charge in [-0.25, -0.2) is 0 Å². The maximum Gasteiger partial charge on any atom is 0.259 e. The van der Waals surface area contributed by atoms with Crippen LogP contribution in [0.1, 0.15) is 85.3 Å². The minimum absolute atomic E-state index is 0.170. The van der Waals surface area contributed by atoms with Crippen LogP contribution in [-0.4, -0.2) is 57.6 Å². The molecule has 206 valence electrons. The molecule has 8 nitrogen and oxygen atoms in total. The van der Waals surface area contributed by atoms with Crippen LogP contribution < -0.4 is 10.2 Å². The molecule has 8 rings (SSSR count). The van der Waals surface area contributed by atoms with E-state index in [2.05, 4.69) is 33.2 Å². The molecule has 2 saturated carbocycles. The molecule has 2 aliphatic carbocycles. The van der Waals surface area contributed by atoms with Gasteiger partial charge >= 0.3 is 0 Å². The molecular formula is C32H35N5O3. The van der Waals surface area contributed by atoms with Crippen LogP contribution in [0.3, 0.4) is 0 Å². The van der Waals surface area contributed by atoms with Crippen molar-refractivity contribution in [1.29, 1.82) is 0 Å². The number of hydrogen-bond acceptors (Lipinski definition) is 5. The summed E-state index contributed by atoms with van der Waals surface area (Å²) in [6.07, 6.45) is 15.0. The third kappa shape index (κ3) is 3.61. The zero-order valence-electron chi connectivity index (χ0n) is 22.8. The third-order valence-electron chi connectivity index (χ3n) is 10.7. The van der Waals surface area contributed by atoms with E-state index in [1.165, 1.54) is 50.8 Å². The predicted molar refractivity (Wildman–Crippen MR) is 151 cm³/mol. The van der Waals surface area contributed by atoms with Gasteiger partial charge in [0.1, 0.15) is 6.04 Å². The molecule has 1 spiro atoms. The summed E-state index contributed by atoms with van der Waals surface area (Å²) < 4.78 is 2.18. The van der Waals surface area contributed by atoms with E-state index in [0.29, 0.717) is 23.4 Å². The summed E-state index contributed by atoms with van der Waals surface area (Å²) in [6.45, 7) is 2.36. The number of benzene rings is 2. The van der Waals surface area contributed by atoms with Crippen LogP contribution in [0.2, 0.25) is 0 Å². The molecule has 2 unspecified atom stereocenters. The third-order valence-corrected chi connectivity index (χ3v) is 10.7. The lowest BCUT2D eigenvalue weighted by atomic mass is 9.52. The molecule has 5 aliphatic rings. The molecule has 0 bridgehead atoms. The van der Waals surface area contributed by atoms with Crippen LogP contribution in [0.25, 0.3) is 10.8 Å². The minimum Gasteiger partial charge on any atom is -0.300 e. The lowest BCUT2D eigenvalue weighted by Gasteiger charge is -2.60. The lowest BCUT2D eigenvalue weighted by molar-refractivity contribution is -0.134. The van der Waals surface area contributed by atoms with Crippen LogP contribution in [0.5, 0.6) is 0 Å². The number of rotatable bonds is 5. The molecule has 4 heterocycles. The van der Waals surface area contributed by atoms with E-state index in [1.807, 2.05) is 24.4 Å². The number of nitrogens with zero attached hydrogens (tertiary/aromatic N) is 4. The fraction of sp³-hybridized carbons (Fsp3) is 0.500. The summed E-state index contributed by atoms with van der Waals surface area (Å²) >= 11 is 0. The number of likely N-dealkylation sites (tertiary alicyclic amines) is 1. The van der Waals surface area contributed by atoms with Crippen molar-refractivity contribution in [3.05, 3.63) is 59.4 Å². The maximum atomic E-state index is 13.4. The average molecular weight is 538 g/mol. The number of amides is 3. The second kappa shape index (κ2) is 8.99. The van der Waals surface area contributed by atoms with Crippen molar-refractivity contribution in [2.75, 3.05) is 18.0 Å². The molecule has 0 radical (unpaired) electrons. The summed E-state index contributed by atoms with van der Waals surface area (Å²) in [6, 6.07) is 10.5. The summed E-state index contributed by atoms with van der Waals surface area (Å²) in [4.78, 5) is 42.1. The molecule has 4 fully saturated rings. The first-order valence-electron chi connectivity index (χ1n) is 15.0.